The first kappa shape index (κ1) is 17.2. The second-order valence-electron chi connectivity index (χ2n) is 5.54. The predicted molar refractivity (Wildman–Crippen MR) is 86.2 cm³/mol. The first-order valence-corrected chi connectivity index (χ1v) is 7.44. The van der Waals surface area contributed by atoms with E-state index in [0.29, 0.717) is 17.9 Å². The highest BCUT2D eigenvalue weighted by Crippen LogP contribution is 2.13. The Bertz CT molecular complexity index is 608. The number of ketones is 1. The van der Waals surface area contributed by atoms with Crippen LogP contribution in [0.5, 0.6) is 0 Å². The van der Waals surface area contributed by atoms with Crippen LogP contribution in [-0.4, -0.2) is 40.9 Å². The molecule has 0 aliphatic carbocycles. The molecule has 0 spiro atoms. The van der Waals surface area contributed by atoms with Crippen LogP contribution in [-0.2, 0) is 20.7 Å². The van der Waals surface area contributed by atoms with Crippen LogP contribution < -0.4 is 11.1 Å². The van der Waals surface area contributed by atoms with Crippen molar-refractivity contribution < 1.29 is 19.3 Å². The Hall–Kier alpha value is -2.19. The number of anilines is 1. The van der Waals surface area contributed by atoms with Gasteiger partial charge in [0.15, 0.2) is 0 Å². The third kappa shape index (κ3) is 5.50. The lowest BCUT2D eigenvalue weighted by Gasteiger charge is -2.20. The molecule has 23 heavy (non-hydrogen) atoms. The minimum atomic E-state index is -1.17. The standard InChI is InChI=1S/C15H20BN3O4/c1-10(20)8-12-5-3-6-13(16(22)23-12)19-15(21)9-11-4-2-7-14(17)18-11/h2-5,7,12-13,22H,6,8-9H2,1H3,(H2,17,18)(H,19,21)/t12-,13+/m1/s1. The van der Waals surface area contributed by atoms with Gasteiger partial charge >= 0.3 is 7.12 Å². The maximum Gasteiger partial charge on any atom is 0.478 e. The van der Waals surface area contributed by atoms with Crippen molar-refractivity contribution in [3.63, 3.8) is 0 Å². The predicted octanol–water partition coefficient (Wildman–Crippen LogP) is 0.0350. The number of pyridine rings is 1. The molecule has 1 aromatic heterocycles. The number of nitrogens with two attached hydrogens (primary N) is 1. The first-order valence-electron chi connectivity index (χ1n) is 7.44. The lowest BCUT2D eigenvalue weighted by molar-refractivity contribution is -0.121. The smallest absolute Gasteiger partial charge is 0.426 e. The van der Waals surface area contributed by atoms with E-state index in [-0.39, 0.29) is 24.5 Å². The molecule has 122 valence electrons. The number of hydrogen-bond acceptors (Lipinski definition) is 6. The molecule has 1 aliphatic rings. The van der Waals surface area contributed by atoms with Crippen LogP contribution in [0.15, 0.2) is 30.4 Å². The van der Waals surface area contributed by atoms with E-state index in [4.69, 9.17) is 10.4 Å². The summed E-state index contributed by atoms with van der Waals surface area (Å²) in [6.45, 7) is 1.46. The van der Waals surface area contributed by atoms with E-state index >= 15 is 0 Å². The summed E-state index contributed by atoms with van der Waals surface area (Å²) < 4.78 is 5.40. The molecule has 0 saturated carbocycles. The number of Topliss-reactive ketones (excluding diaryl/α,β-unsaturated/α-hetero) is 1. The molecule has 0 bridgehead atoms. The molecule has 0 saturated heterocycles. The molecule has 4 N–H and O–H groups in total. The first-order chi connectivity index (χ1) is 10.9. The summed E-state index contributed by atoms with van der Waals surface area (Å²) in [4.78, 5) is 27.3. The monoisotopic (exact) mass is 317 g/mol. The van der Waals surface area contributed by atoms with Crippen molar-refractivity contribution in [2.75, 3.05) is 5.73 Å². The molecule has 1 amide bonds. The van der Waals surface area contributed by atoms with Crippen LogP contribution in [0.25, 0.3) is 0 Å². The van der Waals surface area contributed by atoms with E-state index in [2.05, 4.69) is 10.3 Å². The number of nitrogens with zero attached hydrogens (tertiary/aromatic N) is 1. The number of carbonyl (C=O) groups excluding carboxylic acids is 2. The van der Waals surface area contributed by atoms with Crippen molar-refractivity contribution >= 4 is 24.6 Å². The van der Waals surface area contributed by atoms with Crippen molar-refractivity contribution in [3.8, 4) is 0 Å². The average Bonchev–Trinajstić information content (AvgIpc) is 2.60. The molecule has 7 nitrogen and oxygen atoms in total. The zero-order chi connectivity index (χ0) is 16.8. The Kier molecular flexibility index (Phi) is 5.89. The number of carbonyl (C=O) groups is 2. The number of aromatic nitrogens is 1. The van der Waals surface area contributed by atoms with Crippen molar-refractivity contribution in [1.29, 1.82) is 0 Å². The molecule has 1 aromatic rings. The molecule has 2 heterocycles. The third-order valence-corrected chi connectivity index (χ3v) is 3.40. The Labute approximate surface area is 135 Å². The Balaban J connectivity index is 1.90. The van der Waals surface area contributed by atoms with Gasteiger partial charge in [-0.3, -0.25) is 9.59 Å². The minimum absolute atomic E-state index is 0.0259. The van der Waals surface area contributed by atoms with Crippen LogP contribution in [0, 0.1) is 0 Å². The Morgan fingerprint density at radius 3 is 3.00 bits per heavy atom. The van der Waals surface area contributed by atoms with Crippen molar-refractivity contribution in [2.45, 2.75) is 38.2 Å². The second kappa shape index (κ2) is 7.89. The van der Waals surface area contributed by atoms with E-state index in [9.17, 15) is 14.6 Å². The van der Waals surface area contributed by atoms with Crippen LogP contribution >= 0.6 is 0 Å². The van der Waals surface area contributed by atoms with Crippen LogP contribution in [0.1, 0.15) is 25.5 Å². The molecule has 0 fully saturated rings. The van der Waals surface area contributed by atoms with Gasteiger partial charge in [0, 0.05) is 6.42 Å². The van der Waals surface area contributed by atoms with E-state index in [1.807, 2.05) is 0 Å². The van der Waals surface area contributed by atoms with Gasteiger partial charge in [0.25, 0.3) is 0 Å². The molecule has 2 rings (SSSR count). The van der Waals surface area contributed by atoms with Gasteiger partial charge in [-0.15, -0.1) is 0 Å². The van der Waals surface area contributed by atoms with E-state index in [1.54, 1.807) is 30.4 Å². The quantitative estimate of drug-likeness (QED) is 0.521. The molecule has 0 unspecified atom stereocenters. The van der Waals surface area contributed by atoms with Gasteiger partial charge < -0.3 is 20.7 Å². The highest BCUT2D eigenvalue weighted by atomic mass is 16.5. The van der Waals surface area contributed by atoms with Crippen molar-refractivity contribution in [3.05, 3.63) is 36.0 Å². The fourth-order valence-electron chi connectivity index (χ4n) is 2.36. The maximum atomic E-state index is 12.1. The number of rotatable bonds is 5. The number of amides is 1. The van der Waals surface area contributed by atoms with E-state index in [1.165, 1.54) is 6.92 Å². The van der Waals surface area contributed by atoms with Crippen molar-refractivity contribution in [2.24, 2.45) is 0 Å². The summed E-state index contributed by atoms with van der Waals surface area (Å²) in [7, 11) is -1.17. The van der Waals surface area contributed by atoms with Crippen molar-refractivity contribution in [1.82, 2.24) is 10.3 Å². The SMILES string of the molecule is CC(=O)C[C@H]1C=CC[C@H](NC(=O)Cc2cccc(N)n2)B(O)O1. The zero-order valence-electron chi connectivity index (χ0n) is 12.9. The number of nitrogens with one attached hydrogen (secondary N) is 1. The summed E-state index contributed by atoms with van der Waals surface area (Å²) in [6, 6.07) is 5.08. The largest absolute Gasteiger partial charge is 0.478 e. The summed E-state index contributed by atoms with van der Waals surface area (Å²) >= 11 is 0. The summed E-state index contributed by atoms with van der Waals surface area (Å²) in [6.07, 6.45) is 3.74. The molecule has 0 radical (unpaired) electrons. The lowest BCUT2D eigenvalue weighted by Crippen LogP contribution is -2.48. The zero-order valence-corrected chi connectivity index (χ0v) is 12.9. The van der Waals surface area contributed by atoms with Gasteiger partial charge in [0.05, 0.1) is 24.2 Å². The maximum absolute atomic E-state index is 12.1. The lowest BCUT2D eigenvalue weighted by atomic mass is 9.77. The molecular weight excluding hydrogens is 297 g/mol. The van der Waals surface area contributed by atoms with Crippen LogP contribution in [0.4, 0.5) is 5.82 Å². The van der Waals surface area contributed by atoms with Crippen LogP contribution in [0.2, 0.25) is 0 Å². The summed E-state index contributed by atoms with van der Waals surface area (Å²) in [5, 5.41) is 12.8. The molecule has 2 atom stereocenters. The molecule has 8 heteroatoms. The molecule has 1 aliphatic heterocycles. The highest BCUT2D eigenvalue weighted by Gasteiger charge is 2.32. The van der Waals surface area contributed by atoms with Gasteiger partial charge in [-0.25, -0.2) is 4.98 Å². The summed E-state index contributed by atoms with van der Waals surface area (Å²) in [5.41, 5.74) is 6.13. The fourth-order valence-corrected chi connectivity index (χ4v) is 2.36. The van der Waals surface area contributed by atoms with Gasteiger partial charge in [-0.1, -0.05) is 18.2 Å². The molecular formula is C15H20BN3O4. The third-order valence-electron chi connectivity index (χ3n) is 3.40. The van der Waals surface area contributed by atoms with Gasteiger partial charge in [-0.05, 0) is 25.5 Å². The summed E-state index contributed by atoms with van der Waals surface area (Å²) in [5.74, 6) is -0.531. The minimum Gasteiger partial charge on any atom is -0.426 e. The Morgan fingerprint density at radius 1 is 1.52 bits per heavy atom. The topological polar surface area (TPSA) is 115 Å². The van der Waals surface area contributed by atoms with Gasteiger partial charge in [-0.2, -0.15) is 0 Å². The van der Waals surface area contributed by atoms with Gasteiger partial charge in [0.2, 0.25) is 5.91 Å². The van der Waals surface area contributed by atoms with Crippen LogP contribution in [0.3, 0.4) is 0 Å². The fraction of sp³-hybridized carbons (Fsp3) is 0.400. The second-order valence-corrected chi connectivity index (χ2v) is 5.54. The normalized spacial score (nSPS) is 20.9. The number of nitrogen functional groups attached to an aromatic ring is 1. The Morgan fingerprint density at radius 2 is 2.30 bits per heavy atom. The average molecular weight is 317 g/mol. The van der Waals surface area contributed by atoms with E-state index in [0.717, 1.165) is 0 Å². The molecule has 0 aromatic carbocycles. The highest BCUT2D eigenvalue weighted by molar-refractivity contribution is 6.45. The van der Waals surface area contributed by atoms with E-state index < -0.39 is 19.2 Å². The number of hydrogen-bond donors (Lipinski definition) is 3. The van der Waals surface area contributed by atoms with Gasteiger partial charge in [0.1, 0.15) is 11.6 Å².